The number of benzene rings is 1. The number of piperidine rings is 2. The molecule has 0 aliphatic carbocycles. The van der Waals surface area contributed by atoms with Gasteiger partial charge in [0.25, 0.3) is 6.01 Å². The number of likely N-dealkylation sites (tertiary alicyclic amines) is 1. The lowest BCUT2D eigenvalue weighted by Crippen LogP contribution is -2.51. The number of hydrogen-bond donors (Lipinski definition) is 0. The Kier molecular flexibility index (Phi) is 5.34. The molecule has 0 N–H and O–H groups in total. The summed E-state index contributed by atoms with van der Waals surface area (Å²) in [7, 11) is 1.92. The molecule has 2 saturated heterocycles. The van der Waals surface area contributed by atoms with E-state index < -0.39 is 0 Å². The molecule has 2 aliphatic heterocycles. The van der Waals surface area contributed by atoms with Crippen LogP contribution in [0.25, 0.3) is 11.1 Å². The third-order valence-electron chi connectivity index (χ3n) is 6.19. The van der Waals surface area contributed by atoms with Gasteiger partial charge in [-0.1, -0.05) is 12.1 Å². The van der Waals surface area contributed by atoms with E-state index in [9.17, 15) is 4.79 Å². The summed E-state index contributed by atoms with van der Waals surface area (Å²) in [5.41, 5.74) is 1.78. The van der Waals surface area contributed by atoms with Gasteiger partial charge in [0, 0.05) is 39.3 Å². The maximum Gasteiger partial charge on any atom is 0.298 e. The highest BCUT2D eigenvalue weighted by molar-refractivity contribution is 5.79. The average Bonchev–Trinajstić information content (AvgIpc) is 3.17. The number of carbonyl (C=O) groups excluding carboxylic acids is 1. The highest BCUT2D eigenvalue weighted by Crippen LogP contribution is 2.28. The first kappa shape index (κ1) is 18.3. The molecule has 0 saturated carbocycles. The molecule has 1 amide bonds. The van der Waals surface area contributed by atoms with Crippen molar-refractivity contribution in [2.24, 2.45) is 5.92 Å². The molecule has 0 radical (unpaired) electrons. The second-order valence-corrected chi connectivity index (χ2v) is 7.87. The second-order valence-electron chi connectivity index (χ2n) is 7.87. The van der Waals surface area contributed by atoms with E-state index in [1.807, 2.05) is 43.1 Å². The normalized spacial score (nSPS) is 22.3. The van der Waals surface area contributed by atoms with Crippen molar-refractivity contribution >= 4 is 23.0 Å². The van der Waals surface area contributed by atoms with Gasteiger partial charge in [0.05, 0.1) is 5.92 Å². The molecule has 3 heterocycles. The lowest BCUT2D eigenvalue weighted by Gasteiger charge is -2.42. The van der Waals surface area contributed by atoms with Gasteiger partial charge in [0.1, 0.15) is 5.52 Å². The molecule has 6 nitrogen and oxygen atoms in total. The minimum atomic E-state index is 0.166. The Morgan fingerprint density at radius 3 is 2.74 bits per heavy atom. The number of aromatic nitrogens is 1. The molecule has 1 aromatic carbocycles. The number of fused-ring (bicyclic) bond motifs is 1. The maximum atomic E-state index is 12.6. The second kappa shape index (κ2) is 7.89. The minimum Gasteiger partial charge on any atom is -0.423 e. The summed E-state index contributed by atoms with van der Waals surface area (Å²) in [5, 5.41) is 0. The lowest BCUT2D eigenvalue weighted by atomic mass is 9.93. The van der Waals surface area contributed by atoms with E-state index in [0.717, 1.165) is 75.5 Å². The number of rotatable bonds is 4. The van der Waals surface area contributed by atoms with Crippen LogP contribution < -0.4 is 4.90 Å². The van der Waals surface area contributed by atoms with Gasteiger partial charge in [0.2, 0.25) is 5.91 Å². The van der Waals surface area contributed by atoms with E-state index in [2.05, 4.69) is 14.8 Å². The van der Waals surface area contributed by atoms with Gasteiger partial charge in [0.15, 0.2) is 5.58 Å². The Morgan fingerprint density at radius 1 is 1.22 bits per heavy atom. The summed E-state index contributed by atoms with van der Waals surface area (Å²) in [6, 6.07) is 9.24. The van der Waals surface area contributed by atoms with Crippen molar-refractivity contribution in [2.45, 2.75) is 38.6 Å². The third kappa shape index (κ3) is 3.81. The zero-order chi connectivity index (χ0) is 18.8. The molecule has 2 fully saturated rings. The van der Waals surface area contributed by atoms with Crippen LogP contribution in [0.5, 0.6) is 0 Å². The standard InChI is InChI=1S/C21H30N4O2/c1-3-23(2)20(26)16-7-6-12-25(15-16)17-10-13-24(14-11-17)21-22-18-8-4-5-9-19(18)27-21/h4-5,8-9,16-17H,3,6-7,10-15H2,1-2H3/t16-/m0/s1. The molecule has 1 atom stereocenters. The number of para-hydroxylation sites is 2. The van der Waals surface area contributed by atoms with Gasteiger partial charge in [-0.3, -0.25) is 9.69 Å². The van der Waals surface area contributed by atoms with Gasteiger partial charge in [-0.2, -0.15) is 4.98 Å². The molecule has 2 aromatic rings. The fourth-order valence-corrected chi connectivity index (χ4v) is 4.42. The monoisotopic (exact) mass is 370 g/mol. The fourth-order valence-electron chi connectivity index (χ4n) is 4.42. The first-order chi connectivity index (χ1) is 13.2. The van der Waals surface area contributed by atoms with Crippen LogP contribution in [0.15, 0.2) is 28.7 Å². The summed E-state index contributed by atoms with van der Waals surface area (Å²) < 4.78 is 5.93. The van der Waals surface area contributed by atoms with Crippen LogP contribution in [-0.2, 0) is 4.79 Å². The number of oxazole rings is 1. The van der Waals surface area contributed by atoms with Crippen molar-refractivity contribution < 1.29 is 9.21 Å². The molecule has 0 spiro atoms. The summed E-state index contributed by atoms with van der Waals surface area (Å²) in [4.78, 5) is 23.9. The number of nitrogens with zero attached hydrogens (tertiary/aromatic N) is 4. The Bertz CT molecular complexity index is 748. The molecular weight excluding hydrogens is 340 g/mol. The quantitative estimate of drug-likeness (QED) is 0.828. The van der Waals surface area contributed by atoms with Crippen LogP contribution in [0.1, 0.15) is 32.6 Å². The van der Waals surface area contributed by atoms with E-state index in [4.69, 9.17) is 4.42 Å². The predicted octanol–water partition coefficient (Wildman–Crippen LogP) is 2.99. The van der Waals surface area contributed by atoms with E-state index in [1.165, 1.54) is 0 Å². The van der Waals surface area contributed by atoms with Crippen molar-refractivity contribution in [1.82, 2.24) is 14.8 Å². The van der Waals surface area contributed by atoms with Gasteiger partial charge in [-0.05, 0) is 51.3 Å². The molecule has 2 aliphatic rings. The molecule has 4 rings (SSSR count). The molecule has 0 bridgehead atoms. The van der Waals surface area contributed by atoms with Crippen molar-refractivity contribution in [3.05, 3.63) is 24.3 Å². The average molecular weight is 370 g/mol. The van der Waals surface area contributed by atoms with Crippen molar-refractivity contribution in [2.75, 3.05) is 44.7 Å². The van der Waals surface area contributed by atoms with Crippen LogP contribution in [0, 0.1) is 5.92 Å². The van der Waals surface area contributed by atoms with E-state index in [0.29, 0.717) is 11.9 Å². The van der Waals surface area contributed by atoms with Crippen molar-refractivity contribution in [3.63, 3.8) is 0 Å². The topological polar surface area (TPSA) is 52.8 Å². The zero-order valence-corrected chi connectivity index (χ0v) is 16.4. The summed E-state index contributed by atoms with van der Waals surface area (Å²) in [6.07, 6.45) is 4.35. The van der Waals surface area contributed by atoms with Gasteiger partial charge < -0.3 is 14.2 Å². The van der Waals surface area contributed by atoms with Gasteiger partial charge >= 0.3 is 0 Å². The largest absolute Gasteiger partial charge is 0.423 e. The van der Waals surface area contributed by atoms with E-state index in [-0.39, 0.29) is 5.92 Å². The molecule has 1 aromatic heterocycles. The van der Waals surface area contributed by atoms with E-state index in [1.54, 1.807) is 0 Å². The molecular formula is C21H30N4O2. The maximum absolute atomic E-state index is 12.6. The van der Waals surface area contributed by atoms with Crippen LogP contribution >= 0.6 is 0 Å². The van der Waals surface area contributed by atoms with Crippen molar-refractivity contribution in [3.8, 4) is 0 Å². The highest BCUT2D eigenvalue weighted by Gasteiger charge is 2.33. The van der Waals surface area contributed by atoms with Crippen LogP contribution in [0.2, 0.25) is 0 Å². The summed E-state index contributed by atoms with van der Waals surface area (Å²) in [5.74, 6) is 0.477. The fraction of sp³-hybridized carbons (Fsp3) is 0.619. The van der Waals surface area contributed by atoms with Gasteiger partial charge in [-0.15, -0.1) is 0 Å². The lowest BCUT2D eigenvalue weighted by molar-refractivity contribution is -0.136. The van der Waals surface area contributed by atoms with Crippen LogP contribution in [0.3, 0.4) is 0 Å². The van der Waals surface area contributed by atoms with Crippen LogP contribution in [-0.4, -0.2) is 66.5 Å². The molecule has 6 heteroatoms. The van der Waals surface area contributed by atoms with E-state index >= 15 is 0 Å². The Morgan fingerprint density at radius 2 is 2.00 bits per heavy atom. The number of amides is 1. The SMILES string of the molecule is CCN(C)C(=O)[C@H]1CCCN(C2CCN(c3nc4ccccc4o3)CC2)C1. The Balaban J connectivity index is 1.35. The number of hydrogen-bond acceptors (Lipinski definition) is 5. The first-order valence-electron chi connectivity index (χ1n) is 10.2. The molecule has 146 valence electrons. The number of anilines is 1. The Hall–Kier alpha value is -2.08. The summed E-state index contributed by atoms with van der Waals surface area (Å²) in [6.45, 7) is 6.78. The minimum absolute atomic E-state index is 0.166. The van der Waals surface area contributed by atoms with Gasteiger partial charge in [-0.25, -0.2) is 0 Å². The smallest absolute Gasteiger partial charge is 0.298 e. The molecule has 0 unspecified atom stereocenters. The molecule has 27 heavy (non-hydrogen) atoms. The predicted molar refractivity (Wildman–Crippen MR) is 107 cm³/mol. The van der Waals surface area contributed by atoms with Crippen LogP contribution in [0.4, 0.5) is 6.01 Å². The van der Waals surface area contributed by atoms with Crippen molar-refractivity contribution in [1.29, 1.82) is 0 Å². The first-order valence-corrected chi connectivity index (χ1v) is 10.2. The Labute approximate surface area is 161 Å². The number of carbonyl (C=O) groups is 1. The summed E-state index contributed by atoms with van der Waals surface area (Å²) >= 11 is 0. The highest BCUT2D eigenvalue weighted by atomic mass is 16.4. The third-order valence-corrected chi connectivity index (χ3v) is 6.19. The zero-order valence-electron chi connectivity index (χ0n) is 16.4.